The highest BCUT2D eigenvalue weighted by atomic mass is 16.6. The van der Waals surface area contributed by atoms with Gasteiger partial charge in [-0.25, -0.2) is 4.79 Å². The number of carbonyl (C=O) groups is 1. The standard InChI is InChI=1S/C18H24O4/c1-4-15(21-13-14-8-6-5-7-9-14)12-16-18(2,22-16)11-10-17(19)20-3/h5-11,15-16H,4,12-13H2,1-3H3/b11-10+/t15-,16+,18+/m0/s1. The highest BCUT2D eigenvalue weighted by molar-refractivity contribution is 5.82. The van der Waals surface area contributed by atoms with Gasteiger partial charge in [0, 0.05) is 12.5 Å². The Kier molecular flexibility index (Phi) is 5.75. The van der Waals surface area contributed by atoms with Crippen molar-refractivity contribution < 1.29 is 19.0 Å². The second-order valence-corrected chi connectivity index (χ2v) is 5.71. The van der Waals surface area contributed by atoms with Gasteiger partial charge in [-0.1, -0.05) is 37.3 Å². The molecular formula is C18H24O4. The molecular weight excluding hydrogens is 280 g/mol. The molecule has 2 rings (SSSR count). The topological polar surface area (TPSA) is 48.1 Å². The third-order valence-electron chi connectivity index (χ3n) is 3.99. The minimum absolute atomic E-state index is 0.0918. The lowest BCUT2D eigenvalue weighted by atomic mass is 10.0. The molecule has 0 unspecified atom stereocenters. The molecule has 1 fully saturated rings. The maximum Gasteiger partial charge on any atom is 0.330 e. The lowest BCUT2D eigenvalue weighted by Gasteiger charge is -2.15. The van der Waals surface area contributed by atoms with Gasteiger partial charge in [0.25, 0.3) is 0 Å². The van der Waals surface area contributed by atoms with Crippen LogP contribution in [0.3, 0.4) is 0 Å². The summed E-state index contributed by atoms with van der Waals surface area (Å²) in [5, 5.41) is 0. The summed E-state index contributed by atoms with van der Waals surface area (Å²) in [7, 11) is 1.37. The van der Waals surface area contributed by atoms with Crippen LogP contribution in [0.15, 0.2) is 42.5 Å². The number of epoxide rings is 1. The van der Waals surface area contributed by atoms with E-state index in [1.54, 1.807) is 6.08 Å². The molecule has 4 heteroatoms. The Bertz CT molecular complexity index is 511. The summed E-state index contributed by atoms with van der Waals surface area (Å²) in [4.78, 5) is 11.1. The molecule has 120 valence electrons. The van der Waals surface area contributed by atoms with Crippen LogP contribution in [-0.4, -0.2) is 30.9 Å². The number of benzene rings is 1. The third-order valence-corrected chi connectivity index (χ3v) is 3.99. The average molecular weight is 304 g/mol. The minimum Gasteiger partial charge on any atom is -0.466 e. The molecule has 0 aliphatic carbocycles. The normalized spacial score (nSPS) is 25.1. The molecule has 22 heavy (non-hydrogen) atoms. The van der Waals surface area contributed by atoms with Crippen molar-refractivity contribution in [1.82, 2.24) is 0 Å². The third kappa shape index (κ3) is 4.68. The van der Waals surface area contributed by atoms with E-state index in [4.69, 9.17) is 9.47 Å². The summed E-state index contributed by atoms with van der Waals surface area (Å²) in [5.74, 6) is -0.358. The van der Waals surface area contributed by atoms with Crippen molar-refractivity contribution in [3.63, 3.8) is 0 Å². The second kappa shape index (κ2) is 7.56. The van der Waals surface area contributed by atoms with E-state index in [-0.39, 0.29) is 23.8 Å². The summed E-state index contributed by atoms with van der Waals surface area (Å²) in [6.07, 6.45) is 5.20. The number of rotatable bonds is 8. The molecule has 0 spiro atoms. The van der Waals surface area contributed by atoms with Crippen LogP contribution >= 0.6 is 0 Å². The highest BCUT2D eigenvalue weighted by Gasteiger charge is 2.50. The van der Waals surface area contributed by atoms with E-state index < -0.39 is 0 Å². The molecule has 4 nitrogen and oxygen atoms in total. The van der Waals surface area contributed by atoms with Gasteiger partial charge in [0.05, 0.1) is 25.9 Å². The quantitative estimate of drug-likeness (QED) is 0.420. The number of hydrogen-bond acceptors (Lipinski definition) is 4. The van der Waals surface area contributed by atoms with Crippen molar-refractivity contribution in [2.24, 2.45) is 0 Å². The van der Waals surface area contributed by atoms with Gasteiger partial charge < -0.3 is 14.2 Å². The lowest BCUT2D eigenvalue weighted by Crippen LogP contribution is -2.18. The van der Waals surface area contributed by atoms with Gasteiger partial charge >= 0.3 is 5.97 Å². The molecule has 0 saturated carbocycles. The Morgan fingerprint density at radius 3 is 2.77 bits per heavy atom. The van der Waals surface area contributed by atoms with Crippen LogP contribution in [0.4, 0.5) is 0 Å². The number of carbonyl (C=O) groups excluding carboxylic acids is 1. The molecule has 1 saturated heterocycles. The van der Waals surface area contributed by atoms with Crippen molar-refractivity contribution in [1.29, 1.82) is 0 Å². The van der Waals surface area contributed by atoms with Gasteiger partial charge in [0.15, 0.2) is 0 Å². The van der Waals surface area contributed by atoms with Crippen LogP contribution in [0.1, 0.15) is 32.3 Å². The van der Waals surface area contributed by atoms with E-state index in [0.29, 0.717) is 6.61 Å². The monoisotopic (exact) mass is 304 g/mol. The highest BCUT2D eigenvalue weighted by Crippen LogP contribution is 2.41. The molecule has 1 aromatic rings. The first kappa shape index (κ1) is 16.7. The zero-order valence-electron chi connectivity index (χ0n) is 13.5. The smallest absolute Gasteiger partial charge is 0.330 e. The molecule has 0 bridgehead atoms. The first-order chi connectivity index (χ1) is 10.6. The molecule has 0 radical (unpaired) electrons. The van der Waals surface area contributed by atoms with Crippen LogP contribution in [0.5, 0.6) is 0 Å². The summed E-state index contributed by atoms with van der Waals surface area (Å²) in [5.41, 5.74) is 0.795. The van der Waals surface area contributed by atoms with Crippen molar-refractivity contribution in [3.05, 3.63) is 48.0 Å². The summed E-state index contributed by atoms with van der Waals surface area (Å²) < 4.78 is 16.3. The molecule has 0 N–H and O–H groups in total. The van der Waals surface area contributed by atoms with Crippen molar-refractivity contribution in [2.75, 3.05) is 7.11 Å². The van der Waals surface area contributed by atoms with E-state index in [2.05, 4.69) is 23.8 Å². The predicted octanol–water partition coefficient (Wildman–Crippen LogP) is 3.26. The number of hydrogen-bond donors (Lipinski definition) is 0. The van der Waals surface area contributed by atoms with E-state index >= 15 is 0 Å². The summed E-state index contributed by atoms with van der Waals surface area (Å²) in [6.45, 7) is 4.70. The number of ether oxygens (including phenoxy) is 3. The van der Waals surface area contributed by atoms with Gasteiger partial charge in [-0.05, 0) is 25.0 Å². The van der Waals surface area contributed by atoms with E-state index in [9.17, 15) is 4.79 Å². The van der Waals surface area contributed by atoms with Crippen molar-refractivity contribution in [3.8, 4) is 0 Å². The van der Waals surface area contributed by atoms with Crippen LogP contribution in [0.25, 0.3) is 0 Å². The van der Waals surface area contributed by atoms with Crippen molar-refractivity contribution in [2.45, 2.75) is 51.1 Å². The average Bonchev–Trinajstić information content (AvgIpc) is 3.20. The molecule has 1 aromatic carbocycles. The lowest BCUT2D eigenvalue weighted by molar-refractivity contribution is -0.134. The Morgan fingerprint density at radius 1 is 1.41 bits per heavy atom. The van der Waals surface area contributed by atoms with Gasteiger partial charge in [0.1, 0.15) is 5.60 Å². The molecule has 1 aliphatic heterocycles. The minimum atomic E-state index is -0.377. The Labute approximate surface area is 132 Å². The zero-order chi connectivity index (χ0) is 16.0. The SMILES string of the molecule is CC[C@@H](C[C@H]1O[C@]1(C)/C=C/C(=O)OC)OCc1ccccc1. The fourth-order valence-corrected chi connectivity index (χ4v) is 2.38. The largest absolute Gasteiger partial charge is 0.466 e. The van der Waals surface area contributed by atoms with Gasteiger partial charge in [-0.15, -0.1) is 0 Å². The number of esters is 1. The Hall–Kier alpha value is -1.65. The Morgan fingerprint density at radius 2 is 2.14 bits per heavy atom. The summed E-state index contributed by atoms with van der Waals surface area (Å²) >= 11 is 0. The van der Waals surface area contributed by atoms with E-state index in [1.165, 1.54) is 18.7 Å². The predicted molar refractivity (Wildman–Crippen MR) is 84.4 cm³/mol. The van der Waals surface area contributed by atoms with E-state index in [1.807, 2.05) is 25.1 Å². The number of methoxy groups -OCH3 is 1. The van der Waals surface area contributed by atoms with Gasteiger partial charge in [-0.2, -0.15) is 0 Å². The van der Waals surface area contributed by atoms with Crippen LogP contribution < -0.4 is 0 Å². The molecule has 1 heterocycles. The first-order valence-electron chi connectivity index (χ1n) is 7.68. The van der Waals surface area contributed by atoms with Crippen LogP contribution in [0.2, 0.25) is 0 Å². The zero-order valence-corrected chi connectivity index (χ0v) is 13.5. The Balaban J connectivity index is 1.79. The second-order valence-electron chi connectivity index (χ2n) is 5.71. The first-order valence-corrected chi connectivity index (χ1v) is 7.68. The molecule has 0 amide bonds. The maximum absolute atomic E-state index is 11.1. The molecule has 1 aliphatic rings. The molecule has 3 atom stereocenters. The fraction of sp³-hybridized carbons (Fsp3) is 0.500. The summed E-state index contributed by atoms with van der Waals surface area (Å²) in [6, 6.07) is 10.1. The van der Waals surface area contributed by atoms with Gasteiger partial charge in [0.2, 0.25) is 0 Å². The molecule has 0 aromatic heterocycles. The maximum atomic E-state index is 11.1. The van der Waals surface area contributed by atoms with Gasteiger partial charge in [-0.3, -0.25) is 0 Å². The van der Waals surface area contributed by atoms with Crippen molar-refractivity contribution >= 4 is 5.97 Å². The van der Waals surface area contributed by atoms with Crippen LogP contribution in [-0.2, 0) is 25.6 Å². The van der Waals surface area contributed by atoms with Crippen LogP contribution in [0, 0.1) is 0 Å². The fourth-order valence-electron chi connectivity index (χ4n) is 2.38. The van der Waals surface area contributed by atoms with E-state index in [0.717, 1.165) is 12.8 Å².